The number of benzene rings is 17. The Hall–Kier alpha value is -13.5. The van der Waals surface area contributed by atoms with Crippen molar-refractivity contribution in [3.05, 3.63) is 376 Å². The van der Waals surface area contributed by atoms with Gasteiger partial charge in [0.05, 0.1) is 0 Å². The lowest BCUT2D eigenvalue weighted by Crippen LogP contribution is -2.61. The van der Waals surface area contributed by atoms with Crippen LogP contribution in [0.25, 0.3) is 144 Å². The molecule has 478 valence electrons. The maximum absolute atomic E-state index is 5.87. The van der Waals surface area contributed by atoms with Gasteiger partial charge in [-0.1, -0.05) is 303 Å². The average Bonchev–Trinajstić information content (AvgIpc) is 0.684. The van der Waals surface area contributed by atoms with Crippen LogP contribution in [0.1, 0.15) is 0 Å². The van der Waals surface area contributed by atoms with Gasteiger partial charge < -0.3 is 9.80 Å². The third-order valence-corrected chi connectivity index (χ3v) is 21.0. The topological polar surface area (TPSA) is 45.2 Å². The number of anilines is 6. The Labute approximate surface area is 598 Å². The summed E-state index contributed by atoms with van der Waals surface area (Å²) >= 11 is 0. The monoisotopic (exact) mass is 1310 g/mol. The Morgan fingerprint density at radius 1 is 0.194 bits per heavy atom. The summed E-state index contributed by atoms with van der Waals surface area (Å²) in [7, 11) is 0. The molecule has 0 fully saturated rings. The molecule has 1 aromatic heterocycles. The molecule has 103 heavy (non-hydrogen) atoms. The van der Waals surface area contributed by atoms with Crippen molar-refractivity contribution < 1.29 is 0 Å². The Morgan fingerprint density at radius 3 is 0.806 bits per heavy atom. The fraction of sp³-hybridized carbons (Fsp3) is 0. The zero-order chi connectivity index (χ0) is 67.9. The Balaban J connectivity index is 0.917. The second-order valence-electron chi connectivity index (χ2n) is 27.0. The quantitative estimate of drug-likeness (QED) is 0.0954. The van der Waals surface area contributed by atoms with E-state index < -0.39 is 0 Å². The van der Waals surface area contributed by atoms with Crippen LogP contribution in [-0.4, -0.2) is 21.7 Å². The van der Waals surface area contributed by atoms with Crippen LogP contribution in [0.3, 0.4) is 0 Å². The van der Waals surface area contributed by atoms with Crippen LogP contribution < -0.4 is 26.2 Å². The third kappa shape index (κ3) is 10.4. The molecule has 5 nitrogen and oxygen atoms in total. The van der Waals surface area contributed by atoms with Crippen molar-refractivity contribution in [1.29, 1.82) is 0 Å². The van der Waals surface area contributed by atoms with E-state index in [0.717, 1.165) is 128 Å². The van der Waals surface area contributed by atoms with Crippen LogP contribution in [-0.2, 0) is 0 Å². The Kier molecular flexibility index (Phi) is 14.3. The van der Waals surface area contributed by atoms with Gasteiger partial charge in [-0.3, -0.25) is 0 Å². The Morgan fingerprint density at radius 2 is 0.466 bits per heavy atom. The highest BCUT2D eigenvalue weighted by molar-refractivity contribution is 7.01. The maximum Gasteiger partial charge on any atom is 0.252 e. The molecule has 0 aliphatic carbocycles. The standard InChI is InChI=1S/C97H62BN5/c1-7-23-63(24-8-1)69-39-45-80(46-40-69)102-90-61-79(97-100-95(77-57-73(65-27-11-3-12-28-65)55-74(58-77)66-29-13-4-14-30-66)99-96(101-97)78-59-75(67-31-15-5-16-32-67)56-76(60-78)68-33-17-6-18-34-68)62-91-92(90)98(88-53-51-84-82-37-21-19-35-71(82)43-49-86(84)93(88)102)89-54-52-85-83-38-22-20-36-72(83)44-50-87(85)94(89)103(91)81-47-41-70(42-48-81)64-25-9-2-10-26-64/h1-62H. The SMILES string of the molecule is c1ccc(-c2ccc(N3c4cc(-c5nc(-c6cc(-c7ccccc7)cc(-c7ccccc7)c6)nc(-c6cc(-c7ccccc7)cc(-c7ccccc7)c6)n5)cc5c4B(c4ccc6c(ccc7ccccc76)c43)c3ccc4c(ccc6ccccc64)c3N5c3ccc(-c4ccccc4)cc3)cc2)cc1. The van der Waals surface area contributed by atoms with Crippen LogP contribution in [0.2, 0.25) is 0 Å². The molecular weight excluding hydrogens is 1250 g/mol. The summed E-state index contributed by atoms with van der Waals surface area (Å²) in [6.45, 7) is -0.228. The van der Waals surface area contributed by atoms with E-state index in [9.17, 15) is 0 Å². The molecule has 0 saturated heterocycles. The minimum atomic E-state index is -0.228. The highest BCUT2D eigenvalue weighted by Gasteiger charge is 2.45. The molecular formula is C97H62BN5. The molecule has 2 aliphatic rings. The van der Waals surface area contributed by atoms with Gasteiger partial charge in [0.15, 0.2) is 17.5 Å². The van der Waals surface area contributed by atoms with Gasteiger partial charge in [0.1, 0.15) is 0 Å². The van der Waals surface area contributed by atoms with E-state index in [-0.39, 0.29) is 6.71 Å². The second-order valence-corrected chi connectivity index (χ2v) is 27.0. The second kappa shape index (κ2) is 24.7. The summed E-state index contributed by atoms with van der Waals surface area (Å²) < 4.78 is 0. The summed E-state index contributed by atoms with van der Waals surface area (Å²) in [5, 5.41) is 9.52. The van der Waals surface area contributed by atoms with E-state index >= 15 is 0 Å². The largest absolute Gasteiger partial charge is 0.311 e. The van der Waals surface area contributed by atoms with Crippen LogP contribution in [0.5, 0.6) is 0 Å². The predicted molar refractivity (Wildman–Crippen MR) is 433 cm³/mol. The normalized spacial score (nSPS) is 12.2. The lowest BCUT2D eigenvalue weighted by Gasteiger charge is -2.45. The van der Waals surface area contributed by atoms with Crippen molar-refractivity contribution in [2.24, 2.45) is 0 Å². The molecule has 0 N–H and O–H groups in total. The van der Waals surface area contributed by atoms with Gasteiger partial charge in [-0.25, -0.2) is 15.0 Å². The number of hydrogen-bond donors (Lipinski definition) is 0. The summed E-state index contributed by atoms with van der Waals surface area (Å²) in [4.78, 5) is 22.6. The number of rotatable bonds is 11. The highest BCUT2D eigenvalue weighted by Crippen LogP contribution is 2.51. The third-order valence-electron chi connectivity index (χ3n) is 21.0. The Bertz CT molecular complexity index is 5840. The van der Waals surface area contributed by atoms with E-state index in [0.29, 0.717) is 17.5 Å². The first-order valence-electron chi connectivity index (χ1n) is 35.3. The summed E-state index contributed by atoms with van der Waals surface area (Å²) in [6, 6.07) is 137. The van der Waals surface area contributed by atoms with Crippen LogP contribution in [0, 0.1) is 0 Å². The van der Waals surface area contributed by atoms with Gasteiger partial charge in [0.25, 0.3) is 6.71 Å². The summed E-state index contributed by atoms with van der Waals surface area (Å²) in [5.74, 6) is 1.65. The van der Waals surface area contributed by atoms with E-state index in [1.54, 1.807) is 0 Å². The van der Waals surface area contributed by atoms with Gasteiger partial charge in [0, 0.05) is 61.6 Å². The van der Waals surface area contributed by atoms with E-state index in [4.69, 9.17) is 15.0 Å². The van der Waals surface area contributed by atoms with Gasteiger partial charge in [-0.2, -0.15) is 0 Å². The molecule has 20 rings (SSSR count). The molecule has 0 radical (unpaired) electrons. The lowest BCUT2D eigenvalue weighted by atomic mass is 9.33. The van der Waals surface area contributed by atoms with Crippen LogP contribution in [0.15, 0.2) is 376 Å². The number of fused-ring (bicyclic) bond motifs is 12. The molecule has 0 atom stereocenters. The van der Waals surface area contributed by atoms with Crippen LogP contribution >= 0.6 is 0 Å². The van der Waals surface area contributed by atoms with E-state index in [1.165, 1.54) is 48.7 Å². The van der Waals surface area contributed by atoms with Crippen molar-refractivity contribution in [3.63, 3.8) is 0 Å². The maximum atomic E-state index is 5.87. The molecule has 0 amide bonds. The van der Waals surface area contributed by atoms with E-state index in [1.807, 2.05) is 0 Å². The number of hydrogen-bond acceptors (Lipinski definition) is 5. The minimum absolute atomic E-state index is 0.228. The van der Waals surface area contributed by atoms with Gasteiger partial charge in [0.2, 0.25) is 0 Å². The van der Waals surface area contributed by atoms with Gasteiger partial charge in [-0.15, -0.1) is 0 Å². The fourth-order valence-electron chi connectivity index (χ4n) is 16.1. The number of aromatic nitrogens is 3. The zero-order valence-corrected chi connectivity index (χ0v) is 56.1. The van der Waals surface area contributed by atoms with Gasteiger partial charge >= 0.3 is 0 Å². The summed E-state index contributed by atoms with van der Waals surface area (Å²) in [6.07, 6.45) is 0. The smallest absolute Gasteiger partial charge is 0.252 e. The van der Waals surface area contributed by atoms with Crippen molar-refractivity contribution in [1.82, 2.24) is 15.0 Å². The molecule has 0 unspecified atom stereocenters. The first-order chi connectivity index (χ1) is 51.0. The fourth-order valence-corrected chi connectivity index (χ4v) is 16.1. The van der Waals surface area contributed by atoms with Crippen LogP contribution in [0.4, 0.5) is 34.1 Å². The minimum Gasteiger partial charge on any atom is -0.311 e. The number of nitrogens with zero attached hydrogens (tertiary/aromatic N) is 5. The zero-order valence-electron chi connectivity index (χ0n) is 56.1. The predicted octanol–water partition coefficient (Wildman–Crippen LogP) is 23.6. The molecule has 0 spiro atoms. The molecule has 17 aromatic carbocycles. The van der Waals surface area contributed by atoms with Crippen molar-refractivity contribution >= 4 is 100 Å². The average molecular weight is 1310 g/mol. The van der Waals surface area contributed by atoms with Crippen molar-refractivity contribution in [3.8, 4) is 101 Å². The molecule has 0 bridgehead atoms. The summed E-state index contributed by atoms with van der Waals surface area (Å²) in [5.41, 5.74) is 25.8. The molecule has 6 heteroatoms. The molecule has 18 aromatic rings. The first kappa shape index (κ1) is 59.5. The molecule has 2 aliphatic heterocycles. The first-order valence-corrected chi connectivity index (χ1v) is 35.3. The lowest BCUT2D eigenvalue weighted by molar-refractivity contribution is 1.07. The van der Waals surface area contributed by atoms with Crippen molar-refractivity contribution in [2.45, 2.75) is 0 Å². The van der Waals surface area contributed by atoms with Gasteiger partial charge in [-0.05, 0) is 188 Å². The van der Waals surface area contributed by atoms with Crippen molar-refractivity contribution in [2.75, 3.05) is 9.80 Å². The molecule has 3 heterocycles. The van der Waals surface area contributed by atoms with E-state index in [2.05, 4.69) is 386 Å². The highest BCUT2D eigenvalue weighted by atomic mass is 15.2. The molecule has 0 saturated carbocycles.